The first kappa shape index (κ1) is 22.9. The molecule has 1 aliphatic rings. The molecule has 0 spiro atoms. The molecule has 3 heterocycles. The van der Waals surface area contributed by atoms with Gasteiger partial charge in [-0.2, -0.15) is 0 Å². The van der Waals surface area contributed by atoms with Gasteiger partial charge in [0, 0.05) is 49.3 Å². The van der Waals surface area contributed by atoms with E-state index in [1.807, 2.05) is 48.7 Å². The molecular weight excluding hydrogens is 464 g/mol. The summed E-state index contributed by atoms with van der Waals surface area (Å²) in [4.78, 5) is 41.4. The van der Waals surface area contributed by atoms with Gasteiger partial charge in [0.1, 0.15) is 17.9 Å². The number of hydrogen-bond acceptors (Lipinski definition) is 6. The van der Waals surface area contributed by atoms with Crippen LogP contribution in [0, 0.1) is 6.92 Å². The highest BCUT2D eigenvalue weighted by molar-refractivity contribution is 7.12. The van der Waals surface area contributed by atoms with Gasteiger partial charge in [-0.15, -0.1) is 11.3 Å². The van der Waals surface area contributed by atoms with Crippen LogP contribution in [0.2, 0.25) is 0 Å². The van der Waals surface area contributed by atoms with Gasteiger partial charge < -0.3 is 19.0 Å². The van der Waals surface area contributed by atoms with E-state index in [9.17, 15) is 14.4 Å². The van der Waals surface area contributed by atoms with Crippen molar-refractivity contribution < 1.29 is 18.7 Å². The van der Waals surface area contributed by atoms with Crippen molar-refractivity contribution in [2.45, 2.75) is 13.5 Å². The third kappa shape index (κ3) is 4.97. The summed E-state index contributed by atoms with van der Waals surface area (Å²) in [5, 5.41) is 2.76. The zero-order chi connectivity index (χ0) is 24.4. The molecule has 0 atom stereocenters. The number of aryl methyl sites for hydroxylation is 1. The smallest absolute Gasteiger partial charge is 0.336 e. The van der Waals surface area contributed by atoms with Gasteiger partial charge in [-0.05, 0) is 53.8 Å². The summed E-state index contributed by atoms with van der Waals surface area (Å²) in [7, 11) is 0. The Kier molecular flexibility index (Phi) is 6.37. The Bertz CT molecular complexity index is 1420. The Morgan fingerprint density at radius 2 is 1.66 bits per heavy atom. The molecule has 0 saturated carbocycles. The first-order valence-corrected chi connectivity index (χ1v) is 12.2. The van der Waals surface area contributed by atoms with Crippen LogP contribution in [0.5, 0.6) is 5.75 Å². The second-order valence-electron chi connectivity index (χ2n) is 8.45. The minimum Gasteiger partial charge on any atom is -0.489 e. The third-order valence-corrected chi connectivity index (χ3v) is 6.97. The highest BCUT2D eigenvalue weighted by Gasteiger charge is 2.25. The van der Waals surface area contributed by atoms with E-state index in [-0.39, 0.29) is 17.4 Å². The number of rotatable bonds is 5. The average Bonchev–Trinajstić information content (AvgIpc) is 3.42. The number of amides is 2. The minimum atomic E-state index is -0.386. The Morgan fingerprint density at radius 3 is 2.34 bits per heavy atom. The summed E-state index contributed by atoms with van der Waals surface area (Å²) in [6.45, 7) is 4.27. The maximum atomic E-state index is 12.9. The van der Waals surface area contributed by atoms with E-state index >= 15 is 0 Å². The highest BCUT2D eigenvalue weighted by atomic mass is 32.1. The fraction of sp³-hybridized carbons (Fsp3) is 0.222. The van der Waals surface area contributed by atoms with Gasteiger partial charge in [-0.1, -0.05) is 18.2 Å². The average molecular weight is 489 g/mol. The number of benzene rings is 2. The second-order valence-corrected chi connectivity index (χ2v) is 9.40. The van der Waals surface area contributed by atoms with Crippen LogP contribution in [0.25, 0.3) is 11.0 Å². The maximum absolute atomic E-state index is 12.9. The summed E-state index contributed by atoms with van der Waals surface area (Å²) in [5.41, 5.74) is 2.49. The Morgan fingerprint density at radius 1 is 0.943 bits per heavy atom. The Hall–Kier alpha value is -3.91. The van der Waals surface area contributed by atoms with Gasteiger partial charge in [-0.3, -0.25) is 9.59 Å². The molecule has 0 unspecified atom stereocenters. The lowest BCUT2D eigenvalue weighted by atomic mass is 10.1. The topological polar surface area (TPSA) is 80.1 Å². The lowest BCUT2D eigenvalue weighted by molar-refractivity contribution is 0.0538. The van der Waals surface area contributed by atoms with E-state index in [0.29, 0.717) is 49.7 Å². The van der Waals surface area contributed by atoms with Gasteiger partial charge in [0.15, 0.2) is 0 Å². The number of thiophene rings is 1. The lowest BCUT2D eigenvalue weighted by Gasteiger charge is -2.34. The van der Waals surface area contributed by atoms with Crippen molar-refractivity contribution in [2.75, 3.05) is 26.2 Å². The number of carbonyl (C=O) groups excluding carboxylic acids is 2. The molecule has 0 radical (unpaired) electrons. The molecular formula is C27H24N2O5S. The van der Waals surface area contributed by atoms with Gasteiger partial charge in [0.2, 0.25) is 0 Å². The zero-order valence-corrected chi connectivity index (χ0v) is 20.0. The predicted molar refractivity (Wildman–Crippen MR) is 134 cm³/mol. The zero-order valence-electron chi connectivity index (χ0n) is 19.2. The number of ether oxygens (including phenoxy) is 1. The second kappa shape index (κ2) is 9.76. The number of nitrogens with zero attached hydrogens (tertiary/aromatic N) is 2. The van der Waals surface area contributed by atoms with Crippen molar-refractivity contribution >= 4 is 34.1 Å². The number of carbonyl (C=O) groups is 2. The van der Waals surface area contributed by atoms with Crippen LogP contribution in [0.3, 0.4) is 0 Å². The molecule has 0 bridgehead atoms. The van der Waals surface area contributed by atoms with Crippen LogP contribution in [-0.2, 0) is 6.61 Å². The van der Waals surface area contributed by atoms with Crippen LogP contribution in [0.15, 0.2) is 75.3 Å². The maximum Gasteiger partial charge on any atom is 0.336 e. The molecule has 2 amide bonds. The normalized spacial score (nSPS) is 13.7. The molecule has 1 saturated heterocycles. The lowest BCUT2D eigenvalue weighted by Crippen LogP contribution is -2.50. The largest absolute Gasteiger partial charge is 0.489 e. The summed E-state index contributed by atoms with van der Waals surface area (Å²) < 4.78 is 11.1. The summed E-state index contributed by atoms with van der Waals surface area (Å²) in [6.07, 6.45) is 0. The van der Waals surface area contributed by atoms with Crippen LogP contribution < -0.4 is 10.4 Å². The SMILES string of the molecule is Cc1cc(=O)oc2cc(OCc3ccc(C(=O)N4CCN(C(=O)c5cccs5)CC4)cc3)ccc12. The third-order valence-electron chi connectivity index (χ3n) is 6.12. The van der Waals surface area contributed by atoms with Crippen molar-refractivity contribution in [3.8, 4) is 5.75 Å². The van der Waals surface area contributed by atoms with E-state index in [1.54, 1.807) is 28.0 Å². The molecule has 5 rings (SSSR count). The molecule has 2 aromatic heterocycles. The van der Waals surface area contributed by atoms with Crippen LogP contribution in [-0.4, -0.2) is 47.8 Å². The van der Waals surface area contributed by atoms with Gasteiger partial charge >= 0.3 is 5.63 Å². The van der Waals surface area contributed by atoms with Crippen molar-refractivity contribution in [1.29, 1.82) is 0 Å². The number of hydrogen-bond donors (Lipinski definition) is 0. The summed E-state index contributed by atoms with van der Waals surface area (Å²) in [6, 6.07) is 17.9. The molecule has 7 nitrogen and oxygen atoms in total. The Balaban J connectivity index is 1.17. The van der Waals surface area contributed by atoms with Crippen molar-refractivity contribution in [2.24, 2.45) is 0 Å². The van der Waals surface area contributed by atoms with E-state index in [4.69, 9.17) is 9.15 Å². The number of piperazine rings is 1. The quantitative estimate of drug-likeness (QED) is 0.391. The monoisotopic (exact) mass is 488 g/mol. The van der Waals surface area contributed by atoms with Crippen LogP contribution in [0.1, 0.15) is 31.2 Å². The number of fused-ring (bicyclic) bond motifs is 1. The van der Waals surface area contributed by atoms with Crippen molar-refractivity contribution in [3.63, 3.8) is 0 Å². The van der Waals surface area contributed by atoms with E-state index in [1.165, 1.54) is 17.4 Å². The standard InChI is InChI=1S/C27H24N2O5S/c1-18-15-25(30)34-23-16-21(8-9-22(18)23)33-17-19-4-6-20(7-5-19)26(31)28-10-12-29(13-11-28)27(32)24-3-2-14-35-24/h2-9,14-16H,10-13,17H2,1H3. The van der Waals surface area contributed by atoms with E-state index in [0.717, 1.165) is 21.4 Å². The first-order valence-electron chi connectivity index (χ1n) is 11.4. The minimum absolute atomic E-state index is 0.0279. The van der Waals surface area contributed by atoms with Crippen LogP contribution in [0.4, 0.5) is 0 Å². The molecule has 4 aromatic rings. The summed E-state index contributed by atoms with van der Waals surface area (Å²) >= 11 is 1.43. The Labute approximate surface area is 206 Å². The molecule has 8 heteroatoms. The fourth-order valence-corrected chi connectivity index (χ4v) is 4.85. The molecule has 2 aromatic carbocycles. The molecule has 0 N–H and O–H groups in total. The van der Waals surface area contributed by atoms with Crippen molar-refractivity contribution in [3.05, 3.63) is 98.0 Å². The molecule has 35 heavy (non-hydrogen) atoms. The van der Waals surface area contributed by atoms with Crippen LogP contribution >= 0.6 is 11.3 Å². The first-order chi connectivity index (χ1) is 17.0. The van der Waals surface area contributed by atoms with Gasteiger partial charge in [0.25, 0.3) is 11.8 Å². The molecule has 178 valence electrons. The molecule has 1 fully saturated rings. The predicted octanol–water partition coefficient (Wildman–Crippen LogP) is 4.34. The van der Waals surface area contributed by atoms with Gasteiger partial charge in [0.05, 0.1) is 4.88 Å². The van der Waals surface area contributed by atoms with E-state index < -0.39 is 0 Å². The van der Waals surface area contributed by atoms with Crippen molar-refractivity contribution in [1.82, 2.24) is 9.80 Å². The summed E-state index contributed by atoms with van der Waals surface area (Å²) in [5.74, 6) is 0.585. The van der Waals surface area contributed by atoms with E-state index in [2.05, 4.69) is 0 Å². The fourth-order valence-electron chi connectivity index (χ4n) is 4.16. The molecule has 0 aliphatic carbocycles. The highest BCUT2D eigenvalue weighted by Crippen LogP contribution is 2.23. The van der Waals surface area contributed by atoms with Gasteiger partial charge in [-0.25, -0.2) is 4.79 Å². The molecule has 1 aliphatic heterocycles.